The van der Waals surface area contributed by atoms with Crippen LogP contribution in [-0.4, -0.2) is 6.54 Å². The monoisotopic (exact) mass is 291 g/mol. The second-order valence-corrected chi connectivity index (χ2v) is 6.04. The van der Waals surface area contributed by atoms with Gasteiger partial charge in [-0.25, -0.2) is 0 Å². The van der Waals surface area contributed by atoms with Crippen LogP contribution >= 0.6 is 23.4 Å². The highest BCUT2D eigenvalue weighted by Crippen LogP contribution is 2.34. The van der Waals surface area contributed by atoms with Gasteiger partial charge in [-0.2, -0.15) is 0 Å². The summed E-state index contributed by atoms with van der Waals surface area (Å²) in [5.41, 5.74) is 8.38. The molecule has 0 aliphatic rings. The summed E-state index contributed by atoms with van der Waals surface area (Å²) in [6.07, 6.45) is 1.00. The van der Waals surface area contributed by atoms with Gasteiger partial charge in [-0.1, -0.05) is 54.1 Å². The second-order valence-electron chi connectivity index (χ2n) is 4.41. The van der Waals surface area contributed by atoms with Crippen molar-refractivity contribution in [3.63, 3.8) is 0 Å². The number of halogens is 1. The van der Waals surface area contributed by atoms with E-state index in [9.17, 15) is 0 Å². The Labute approximate surface area is 124 Å². The average molecular weight is 292 g/mol. The van der Waals surface area contributed by atoms with Gasteiger partial charge in [0.05, 0.1) is 0 Å². The predicted molar refractivity (Wildman–Crippen MR) is 85.6 cm³/mol. The van der Waals surface area contributed by atoms with E-state index < -0.39 is 0 Å². The maximum Gasteiger partial charge on any atom is 0.0406 e. The molecule has 100 valence electrons. The molecular formula is C16H18ClNS. The molecule has 2 N–H and O–H groups in total. The molecule has 0 spiro atoms. The first-order valence-corrected chi connectivity index (χ1v) is 7.83. The Morgan fingerprint density at radius 3 is 2.32 bits per heavy atom. The lowest BCUT2D eigenvalue weighted by Gasteiger charge is -2.16. The first kappa shape index (κ1) is 14.4. The normalized spacial score (nSPS) is 12.3. The summed E-state index contributed by atoms with van der Waals surface area (Å²) in [6, 6.07) is 18.6. The van der Waals surface area contributed by atoms with Crippen LogP contribution < -0.4 is 5.73 Å². The number of benzene rings is 2. The van der Waals surface area contributed by atoms with E-state index in [1.807, 2.05) is 30.0 Å². The highest BCUT2D eigenvalue weighted by Gasteiger charge is 2.10. The number of rotatable bonds is 6. The molecule has 0 aliphatic heterocycles. The van der Waals surface area contributed by atoms with Gasteiger partial charge in [-0.05, 0) is 36.2 Å². The Bertz CT molecular complexity index is 484. The molecule has 1 atom stereocenters. The summed E-state index contributed by atoms with van der Waals surface area (Å²) >= 11 is 7.83. The van der Waals surface area contributed by atoms with Crippen LogP contribution in [0, 0.1) is 0 Å². The highest BCUT2D eigenvalue weighted by atomic mass is 35.5. The third kappa shape index (κ3) is 4.57. The summed E-state index contributed by atoms with van der Waals surface area (Å²) in [5.74, 6) is 0.983. The van der Waals surface area contributed by atoms with Gasteiger partial charge in [-0.15, -0.1) is 11.8 Å². The van der Waals surface area contributed by atoms with Gasteiger partial charge in [0.15, 0.2) is 0 Å². The van der Waals surface area contributed by atoms with Gasteiger partial charge in [0.1, 0.15) is 0 Å². The molecule has 1 unspecified atom stereocenters. The number of thioether (sulfide) groups is 1. The van der Waals surface area contributed by atoms with Crippen molar-refractivity contribution in [1.29, 1.82) is 0 Å². The number of hydrogen-bond acceptors (Lipinski definition) is 2. The van der Waals surface area contributed by atoms with E-state index in [0.29, 0.717) is 11.8 Å². The minimum atomic E-state index is 0.460. The van der Waals surface area contributed by atoms with Crippen molar-refractivity contribution in [1.82, 2.24) is 0 Å². The van der Waals surface area contributed by atoms with Gasteiger partial charge < -0.3 is 5.73 Å². The molecule has 0 aliphatic carbocycles. The van der Waals surface area contributed by atoms with Gasteiger partial charge in [0.2, 0.25) is 0 Å². The number of hydrogen-bond donors (Lipinski definition) is 1. The van der Waals surface area contributed by atoms with Gasteiger partial charge in [-0.3, -0.25) is 0 Å². The van der Waals surface area contributed by atoms with E-state index in [1.54, 1.807) is 0 Å². The topological polar surface area (TPSA) is 26.0 Å². The molecule has 0 radical (unpaired) electrons. The zero-order chi connectivity index (χ0) is 13.5. The SMILES string of the molecule is NCCC(SCc1ccc(Cl)cc1)c1ccccc1. The lowest BCUT2D eigenvalue weighted by atomic mass is 10.1. The Morgan fingerprint density at radius 2 is 1.68 bits per heavy atom. The van der Waals surface area contributed by atoms with E-state index in [0.717, 1.165) is 17.2 Å². The molecule has 2 aromatic rings. The minimum absolute atomic E-state index is 0.460. The molecule has 3 heteroatoms. The molecule has 0 fully saturated rings. The van der Waals surface area contributed by atoms with Crippen molar-refractivity contribution in [3.8, 4) is 0 Å². The fourth-order valence-electron chi connectivity index (χ4n) is 1.94. The summed E-state index contributed by atoms with van der Waals surface area (Å²) in [4.78, 5) is 0. The van der Waals surface area contributed by atoms with Crippen molar-refractivity contribution in [2.75, 3.05) is 6.54 Å². The van der Waals surface area contributed by atoms with Crippen molar-refractivity contribution >= 4 is 23.4 Å². The minimum Gasteiger partial charge on any atom is -0.330 e. The molecule has 0 bridgehead atoms. The summed E-state index contributed by atoms with van der Waals surface area (Å²) in [7, 11) is 0. The maximum atomic E-state index is 5.90. The second kappa shape index (κ2) is 7.59. The van der Waals surface area contributed by atoms with Crippen LogP contribution in [0.2, 0.25) is 5.02 Å². The summed E-state index contributed by atoms with van der Waals surface area (Å²) in [6.45, 7) is 0.715. The summed E-state index contributed by atoms with van der Waals surface area (Å²) < 4.78 is 0. The lowest BCUT2D eigenvalue weighted by molar-refractivity contribution is 0.814. The molecule has 0 heterocycles. The molecule has 0 aromatic heterocycles. The molecule has 0 saturated heterocycles. The zero-order valence-corrected chi connectivity index (χ0v) is 12.3. The highest BCUT2D eigenvalue weighted by molar-refractivity contribution is 7.98. The third-order valence-corrected chi connectivity index (χ3v) is 4.63. The Hall–Kier alpha value is -0.960. The van der Waals surface area contributed by atoms with Crippen molar-refractivity contribution in [3.05, 3.63) is 70.7 Å². The van der Waals surface area contributed by atoms with Crippen LogP contribution in [0.5, 0.6) is 0 Å². The molecule has 1 nitrogen and oxygen atoms in total. The molecule has 0 saturated carbocycles. The van der Waals surface area contributed by atoms with E-state index in [2.05, 4.69) is 36.4 Å². The standard InChI is InChI=1S/C16H18ClNS/c17-15-8-6-13(7-9-15)12-19-16(10-11-18)14-4-2-1-3-5-14/h1-9,16H,10-12,18H2. The smallest absolute Gasteiger partial charge is 0.0406 e. The predicted octanol–water partition coefficient (Wildman–Crippen LogP) is 4.66. The fraction of sp³-hybridized carbons (Fsp3) is 0.250. The zero-order valence-electron chi connectivity index (χ0n) is 10.8. The van der Waals surface area contributed by atoms with Crippen molar-refractivity contribution in [2.24, 2.45) is 5.73 Å². The van der Waals surface area contributed by atoms with E-state index in [1.165, 1.54) is 11.1 Å². The lowest BCUT2D eigenvalue weighted by Crippen LogP contribution is -2.05. The fourth-order valence-corrected chi connectivity index (χ4v) is 3.31. The molecule has 19 heavy (non-hydrogen) atoms. The average Bonchev–Trinajstić information content (AvgIpc) is 2.46. The Kier molecular flexibility index (Phi) is 5.77. The van der Waals surface area contributed by atoms with Crippen molar-refractivity contribution in [2.45, 2.75) is 17.4 Å². The van der Waals surface area contributed by atoms with E-state index >= 15 is 0 Å². The van der Waals surface area contributed by atoms with E-state index in [4.69, 9.17) is 17.3 Å². The van der Waals surface area contributed by atoms with Crippen LogP contribution in [0.3, 0.4) is 0 Å². The van der Waals surface area contributed by atoms with Gasteiger partial charge in [0.25, 0.3) is 0 Å². The van der Waals surface area contributed by atoms with Crippen LogP contribution in [0.4, 0.5) is 0 Å². The molecular weight excluding hydrogens is 274 g/mol. The number of nitrogens with two attached hydrogens (primary N) is 1. The van der Waals surface area contributed by atoms with Crippen LogP contribution in [0.1, 0.15) is 22.8 Å². The third-order valence-electron chi connectivity index (χ3n) is 2.96. The van der Waals surface area contributed by atoms with Gasteiger partial charge >= 0.3 is 0 Å². The first-order chi connectivity index (χ1) is 9.29. The van der Waals surface area contributed by atoms with E-state index in [-0.39, 0.29) is 0 Å². The summed E-state index contributed by atoms with van der Waals surface area (Å²) in [5, 5.41) is 1.25. The largest absolute Gasteiger partial charge is 0.330 e. The van der Waals surface area contributed by atoms with Crippen LogP contribution in [0.25, 0.3) is 0 Å². The molecule has 2 rings (SSSR count). The molecule has 2 aromatic carbocycles. The molecule has 0 amide bonds. The Morgan fingerprint density at radius 1 is 1.00 bits per heavy atom. The Balaban J connectivity index is 1.99. The van der Waals surface area contributed by atoms with Crippen LogP contribution in [-0.2, 0) is 5.75 Å². The van der Waals surface area contributed by atoms with Crippen molar-refractivity contribution < 1.29 is 0 Å². The first-order valence-electron chi connectivity index (χ1n) is 6.40. The van der Waals surface area contributed by atoms with Gasteiger partial charge in [0, 0.05) is 16.0 Å². The van der Waals surface area contributed by atoms with Crippen LogP contribution in [0.15, 0.2) is 54.6 Å². The quantitative estimate of drug-likeness (QED) is 0.837. The maximum absolute atomic E-state index is 5.90.